The number of rotatable bonds is 6. The second-order valence-corrected chi connectivity index (χ2v) is 7.92. The first-order valence-electron chi connectivity index (χ1n) is 10.3. The number of ether oxygens (including phenoxy) is 2. The van der Waals surface area contributed by atoms with E-state index in [-0.39, 0.29) is 29.2 Å². The molecule has 0 bridgehead atoms. The maximum atomic E-state index is 13.5. The van der Waals surface area contributed by atoms with Crippen molar-refractivity contribution in [1.82, 2.24) is 5.32 Å². The lowest BCUT2D eigenvalue weighted by molar-refractivity contribution is 0.0560. The van der Waals surface area contributed by atoms with Gasteiger partial charge in [0.15, 0.2) is 0 Å². The lowest BCUT2D eigenvalue weighted by atomic mass is 9.74. The zero-order chi connectivity index (χ0) is 21.8. The normalized spacial score (nSPS) is 15.5. The van der Waals surface area contributed by atoms with Crippen LogP contribution in [-0.2, 0) is 16.8 Å². The predicted octanol–water partition coefficient (Wildman–Crippen LogP) is 4.40. The Hall–Kier alpha value is -3.14. The summed E-state index contributed by atoms with van der Waals surface area (Å²) in [5.74, 6) is -0.00207. The fourth-order valence-electron chi connectivity index (χ4n) is 4.51. The third-order valence-electron chi connectivity index (χ3n) is 6.20. The van der Waals surface area contributed by atoms with Crippen molar-refractivity contribution in [3.63, 3.8) is 0 Å². The van der Waals surface area contributed by atoms with Crippen molar-refractivity contribution in [2.75, 3.05) is 26.8 Å². The third-order valence-corrected chi connectivity index (χ3v) is 6.20. The number of piperidine rings is 1. The Kier molecular flexibility index (Phi) is 6.08. The number of fused-ring (bicyclic) bond motifs is 1. The van der Waals surface area contributed by atoms with Crippen LogP contribution in [0.4, 0.5) is 4.39 Å². The fourth-order valence-corrected chi connectivity index (χ4v) is 4.51. The largest absolute Gasteiger partial charge is 0.506 e. The average Bonchev–Trinajstić information content (AvgIpc) is 2.81. The van der Waals surface area contributed by atoms with Crippen molar-refractivity contribution in [3.8, 4) is 17.6 Å². The topological polar surface area (TPSA) is 74.5 Å². The molecule has 3 aromatic carbocycles. The molecule has 5 nitrogen and oxygen atoms in total. The number of nitrogens with zero attached hydrogens (tertiary/aromatic N) is 1. The molecule has 0 unspecified atom stereocenters. The average molecular weight is 420 g/mol. The van der Waals surface area contributed by atoms with E-state index < -0.39 is 0 Å². The van der Waals surface area contributed by atoms with Crippen LogP contribution < -0.4 is 10.1 Å². The molecule has 0 aromatic heterocycles. The molecular weight excluding hydrogens is 395 g/mol. The van der Waals surface area contributed by atoms with Gasteiger partial charge in [0.1, 0.15) is 28.9 Å². The van der Waals surface area contributed by atoms with Crippen LogP contribution in [0.15, 0.2) is 48.5 Å². The van der Waals surface area contributed by atoms with Gasteiger partial charge in [0.2, 0.25) is 0 Å². The molecule has 4 rings (SSSR count). The summed E-state index contributed by atoms with van der Waals surface area (Å²) in [5, 5.41) is 24.9. The number of phenolic OH excluding ortho intramolecular Hbond substituents is 1. The minimum Gasteiger partial charge on any atom is -0.506 e. The summed E-state index contributed by atoms with van der Waals surface area (Å²) in [6.45, 7) is 2.42. The van der Waals surface area contributed by atoms with Gasteiger partial charge in [-0.1, -0.05) is 36.4 Å². The second-order valence-electron chi connectivity index (χ2n) is 7.92. The fraction of sp³-hybridized carbons (Fsp3) is 0.320. The third kappa shape index (κ3) is 3.95. The maximum absolute atomic E-state index is 13.5. The molecule has 1 saturated heterocycles. The molecule has 6 heteroatoms. The van der Waals surface area contributed by atoms with E-state index in [0.717, 1.165) is 42.4 Å². The second kappa shape index (κ2) is 8.93. The Morgan fingerprint density at radius 1 is 1.10 bits per heavy atom. The molecule has 0 saturated carbocycles. The molecule has 3 aromatic rings. The molecule has 2 N–H and O–H groups in total. The standard InChI is InChI=1S/C25H25FN2O3/c1-30-24-21(14-27)23(29)20-5-3-2-4-19(20)22(24)15-31-16-25(10-12-28-13-11-25)17-6-8-18(26)9-7-17/h2-9,28-29H,10-13,15-16H2,1H3. The monoisotopic (exact) mass is 420 g/mol. The number of benzene rings is 3. The van der Waals surface area contributed by atoms with Crippen LogP contribution in [0.2, 0.25) is 0 Å². The van der Waals surface area contributed by atoms with E-state index in [0.29, 0.717) is 17.7 Å². The maximum Gasteiger partial charge on any atom is 0.146 e. The lowest BCUT2D eigenvalue weighted by Gasteiger charge is -2.38. The predicted molar refractivity (Wildman–Crippen MR) is 117 cm³/mol. The summed E-state index contributed by atoms with van der Waals surface area (Å²) in [6.07, 6.45) is 1.77. The van der Waals surface area contributed by atoms with Crippen molar-refractivity contribution in [1.29, 1.82) is 5.26 Å². The molecule has 1 heterocycles. The number of hydrogen-bond donors (Lipinski definition) is 2. The summed E-state index contributed by atoms with van der Waals surface area (Å²) < 4.78 is 25.2. The van der Waals surface area contributed by atoms with Crippen molar-refractivity contribution < 1.29 is 19.0 Å². The molecule has 0 atom stereocenters. The first-order chi connectivity index (χ1) is 15.1. The number of nitriles is 1. The first kappa shape index (κ1) is 21.1. The summed E-state index contributed by atoms with van der Waals surface area (Å²) in [5.41, 5.74) is 1.69. The van der Waals surface area contributed by atoms with E-state index in [4.69, 9.17) is 9.47 Å². The minimum atomic E-state index is -0.252. The number of halogens is 1. The first-order valence-corrected chi connectivity index (χ1v) is 10.3. The Bertz CT molecular complexity index is 1120. The summed E-state index contributed by atoms with van der Waals surface area (Å²) in [7, 11) is 1.49. The molecule has 1 aliphatic rings. The van der Waals surface area contributed by atoms with Crippen LogP contribution in [0.1, 0.15) is 29.5 Å². The van der Waals surface area contributed by atoms with E-state index in [1.54, 1.807) is 6.07 Å². The van der Waals surface area contributed by atoms with Gasteiger partial charge < -0.3 is 19.9 Å². The van der Waals surface area contributed by atoms with Crippen LogP contribution in [0.3, 0.4) is 0 Å². The molecule has 0 spiro atoms. The van der Waals surface area contributed by atoms with Crippen molar-refractivity contribution in [2.24, 2.45) is 0 Å². The highest BCUT2D eigenvalue weighted by Gasteiger charge is 2.34. The van der Waals surface area contributed by atoms with Gasteiger partial charge in [-0.2, -0.15) is 5.26 Å². The van der Waals surface area contributed by atoms with Crippen LogP contribution in [-0.4, -0.2) is 31.9 Å². The molecule has 0 amide bonds. The van der Waals surface area contributed by atoms with Gasteiger partial charge in [0, 0.05) is 16.4 Å². The summed E-state index contributed by atoms with van der Waals surface area (Å²) >= 11 is 0. The van der Waals surface area contributed by atoms with E-state index in [1.165, 1.54) is 19.2 Å². The highest BCUT2D eigenvalue weighted by atomic mass is 19.1. The van der Waals surface area contributed by atoms with Gasteiger partial charge in [0.05, 0.1) is 20.3 Å². The molecule has 1 fully saturated rings. The van der Waals surface area contributed by atoms with Gasteiger partial charge >= 0.3 is 0 Å². The number of hydrogen-bond acceptors (Lipinski definition) is 5. The van der Waals surface area contributed by atoms with Gasteiger partial charge in [-0.05, 0) is 49.0 Å². The quantitative estimate of drug-likeness (QED) is 0.618. The Morgan fingerprint density at radius 2 is 1.77 bits per heavy atom. The molecular formula is C25H25FN2O3. The van der Waals surface area contributed by atoms with Crippen LogP contribution in [0.25, 0.3) is 10.8 Å². The van der Waals surface area contributed by atoms with Gasteiger partial charge in [0.25, 0.3) is 0 Å². The zero-order valence-corrected chi connectivity index (χ0v) is 17.5. The summed E-state index contributed by atoms with van der Waals surface area (Å²) in [6, 6.07) is 16.1. The van der Waals surface area contributed by atoms with Crippen molar-refractivity contribution in [2.45, 2.75) is 24.9 Å². The van der Waals surface area contributed by atoms with Gasteiger partial charge in [-0.15, -0.1) is 0 Å². The molecule has 31 heavy (non-hydrogen) atoms. The Labute approximate surface area is 181 Å². The van der Waals surface area contributed by atoms with Gasteiger partial charge in [-0.25, -0.2) is 4.39 Å². The van der Waals surface area contributed by atoms with E-state index >= 15 is 0 Å². The number of methoxy groups -OCH3 is 1. The van der Waals surface area contributed by atoms with Crippen LogP contribution in [0.5, 0.6) is 11.5 Å². The highest BCUT2D eigenvalue weighted by molar-refractivity contribution is 5.95. The number of nitrogens with one attached hydrogen (secondary N) is 1. The van der Waals surface area contributed by atoms with Crippen molar-refractivity contribution in [3.05, 3.63) is 71.0 Å². The van der Waals surface area contributed by atoms with E-state index in [2.05, 4.69) is 11.4 Å². The smallest absolute Gasteiger partial charge is 0.146 e. The Morgan fingerprint density at radius 3 is 2.42 bits per heavy atom. The zero-order valence-electron chi connectivity index (χ0n) is 17.5. The van der Waals surface area contributed by atoms with E-state index in [9.17, 15) is 14.8 Å². The number of phenols is 1. The Balaban J connectivity index is 1.66. The van der Waals surface area contributed by atoms with Gasteiger partial charge in [-0.3, -0.25) is 0 Å². The highest BCUT2D eigenvalue weighted by Crippen LogP contribution is 2.41. The SMILES string of the molecule is COc1c(C#N)c(O)c2ccccc2c1COCC1(c2ccc(F)cc2)CCNCC1. The van der Waals surface area contributed by atoms with Crippen LogP contribution >= 0.6 is 0 Å². The number of aromatic hydroxyl groups is 1. The molecule has 1 aliphatic heterocycles. The molecule has 160 valence electrons. The van der Waals surface area contributed by atoms with Crippen LogP contribution in [0, 0.1) is 17.1 Å². The molecule has 0 aliphatic carbocycles. The summed E-state index contributed by atoms with van der Waals surface area (Å²) in [4.78, 5) is 0. The lowest BCUT2D eigenvalue weighted by Crippen LogP contribution is -2.43. The van der Waals surface area contributed by atoms with Crippen molar-refractivity contribution >= 4 is 10.8 Å². The molecule has 0 radical (unpaired) electrons. The minimum absolute atomic E-state index is 0.0835. The van der Waals surface area contributed by atoms with E-state index in [1.807, 2.05) is 30.3 Å².